The van der Waals surface area contributed by atoms with Crippen LogP contribution in [-0.4, -0.2) is 15.8 Å². The summed E-state index contributed by atoms with van der Waals surface area (Å²) in [5.41, 5.74) is 6.94. The Kier molecular flexibility index (Phi) is 4.64. The van der Waals surface area contributed by atoms with Gasteiger partial charge in [0.25, 0.3) is 11.6 Å². The first-order valence-electron chi connectivity index (χ1n) is 7.02. The van der Waals surface area contributed by atoms with E-state index in [4.69, 9.17) is 17.3 Å². The number of nitro groups is 1. The molecule has 3 rings (SSSR count). The molecule has 1 aromatic heterocycles. The molecule has 0 saturated carbocycles. The number of nitro benzene ring substituents is 1. The molecular formula is C16H11ClN4O3S. The first kappa shape index (κ1) is 16.9. The van der Waals surface area contributed by atoms with Crippen LogP contribution < -0.4 is 11.1 Å². The van der Waals surface area contributed by atoms with Gasteiger partial charge in [-0.15, -0.1) is 0 Å². The lowest BCUT2D eigenvalue weighted by atomic mass is 10.1. The summed E-state index contributed by atoms with van der Waals surface area (Å²) < 4.78 is 0. The maximum atomic E-state index is 12.6. The lowest BCUT2D eigenvalue weighted by Gasteiger charge is -2.06. The van der Waals surface area contributed by atoms with Crippen molar-refractivity contribution in [1.29, 1.82) is 0 Å². The van der Waals surface area contributed by atoms with E-state index >= 15 is 0 Å². The number of nitrogen functional groups attached to an aromatic ring is 1. The molecule has 2 aromatic carbocycles. The van der Waals surface area contributed by atoms with Crippen LogP contribution in [0, 0.1) is 10.1 Å². The molecule has 25 heavy (non-hydrogen) atoms. The van der Waals surface area contributed by atoms with Crippen LogP contribution in [0.3, 0.4) is 0 Å². The minimum Gasteiger partial charge on any atom is -0.375 e. The molecule has 0 fully saturated rings. The van der Waals surface area contributed by atoms with Crippen LogP contribution in [0.2, 0.25) is 5.02 Å². The Labute approximate surface area is 151 Å². The van der Waals surface area contributed by atoms with Gasteiger partial charge >= 0.3 is 0 Å². The third kappa shape index (κ3) is 3.59. The Hall–Kier alpha value is -2.97. The molecule has 3 N–H and O–H groups in total. The van der Waals surface area contributed by atoms with Gasteiger partial charge in [-0.05, 0) is 12.1 Å². The normalized spacial score (nSPS) is 10.4. The van der Waals surface area contributed by atoms with Gasteiger partial charge in [-0.25, -0.2) is 4.98 Å². The number of hydrogen-bond acceptors (Lipinski definition) is 6. The molecular weight excluding hydrogens is 364 g/mol. The van der Waals surface area contributed by atoms with E-state index < -0.39 is 10.8 Å². The molecule has 3 aromatic rings. The number of thiazole rings is 1. The summed E-state index contributed by atoms with van der Waals surface area (Å²) >= 11 is 6.82. The van der Waals surface area contributed by atoms with Gasteiger partial charge in [-0.1, -0.05) is 53.3 Å². The Morgan fingerprint density at radius 2 is 1.96 bits per heavy atom. The Morgan fingerprint density at radius 3 is 2.64 bits per heavy atom. The molecule has 0 aliphatic carbocycles. The summed E-state index contributed by atoms with van der Waals surface area (Å²) in [6.45, 7) is 0. The standard InChI is InChI=1S/C16H11ClN4O3S/c17-11-7-6-10(8-12(11)21(23)24)19-15(22)14-13(20-16(18)25-14)9-4-2-1-3-5-9/h1-8H,(H2,18,20)(H,19,22). The van der Waals surface area contributed by atoms with E-state index in [0.717, 1.165) is 16.9 Å². The largest absolute Gasteiger partial charge is 0.375 e. The Bertz CT molecular complexity index is 959. The summed E-state index contributed by atoms with van der Waals surface area (Å²) in [6.07, 6.45) is 0. The monoisotopic (exact) mass is 374 g/mol. The van der Waals surface area contributed by atoms with Crippen molar-refractivity contribution in [2.45, 2.75) is 0 Å². The van der Waals surface area contributed by atoms with Gasteiger partial charge in [-0.3, -0.25) is 14.9 Å². The second-order valence-electron chi connectivity index (χ2n) is 4.97. The molecule has 1 amide bonds. The van der Waals surface area contributed by atoms with Gasteiger partial charge in [0, 0.05) is 17.3 Å². The number of nitrogens with two attached hydrogens (primary N) is 1. The van der Waals surface area contributed by atoms with Crippen LogP contribution >= 0.6 is 22.9 Å². The zero-order chi connectivity index (χ0) is 18.0. The maximum Gasteiger partial charge on any atom is 0.289 e. The van der Waals surface area contributed by atoms with Crippen LogP contribution in [0.15, 0.2) is 48.5 Å². The van der Waals surface area contributed by atoms with Crippen molar-refractivity contribution in [3.8, 4) is 11.3 Å². The van der Waals surface area contributed by atoms with Crippen molar-refractivity contribution in [1.82, 2.24) is 4.98 Å². The van der Waals surface area contributed by atoms with E-state index in [2.05, 4.69) is 10.3 Å². The number of amides is 1. The summed E-state index contributed by atoms with van der Waals surface area (Å²) in [4.78, 5) is 27.5. The average molecular weight is 375 g/mol. The van der Waals surface area contributed by atoms with Crippen LogP contribution in [0.4, 0.5) is 16.5 Å². The number of aromatic nitrogens is 1. The first-order valence-corrected chi connectivity index (χ1v) is 8.22. The summed E-state index contributed by atoms with van der Waals surface area (Å²) in [6, 6.07) is 13.2. The fourth-order valence-corrected chi connectivity index (χ4v) is 3.14. The average Bonchev–Trinajstić information content (AvgIpc) is 2.99. The van der Waals surface area contributed by atoms with Crippen molar-refractivity contribution < 1.29 is 9.72 Å². The second-order valence-corrected chi connectivity index (χ2v) is 6.41. The van der Waals surface area contributed by atoms with E-state index in [9.17, 15) is 14.9 Å². The summed E-state index contributed by atoms with van der Waals surface area (Å²) in [5, 5.41) is 13.8. The summed E-state index contributed by atoms with van der Waals surface area (Å²) in [5.74, 6) is -0.454. The molecule has 126 valence electrons. The number of carbonyl (C=O) groups excluding carboxylic acids is 1. The molecule has 0 radical (unpaired) electrons. The molecule has 7 nitrogen and oxygen atoms in total. The Balaban J connectivity index is 1.93. The van der Waals surface area contributed by atoms with Crippen LogP contribution in [0.25, 0.3) is 11.3 Å². The highest BCUT2D eigenvalue weighted by Crippen LogP contribution is 2.31. The van der Waals surface area contributed by atoms with E-state index in [1.54, 1.807) is 0 Å². The minimum absolute atomic E-state index is 0.00462. The first-order chi connectivity index (χ1) is 12.0. The van der Waals surface area contributed by atoms with Crippen molar-refractivity contribution in [2.75, 3.05) is 11.1 Å². The summed E-state index contributed by atoms with van der Waals surface area (Å²) in [7, 11) is 0. The topological polar surface area (TPSA) is 111 Å². The zero-order valence-electron chi connectivity index (χ0n) is 12.6. The molecule has 0 atom stereocenters. The van der Waals surface area contributed by atoms with E-state index in [1.165, 1.54) is 18.2 Å². The molecule has 0 bridgehead atoms. The quantitative estimate of drug-likeness (QED) is 0.525. The van der Waals surface area contributed by atoms with Gasteiger partial charge < -0.3 is 11.1 Å². The number of anilines is 2. The molecule has 9 heteroatoms. The van der Waals surface area contributed by atoms with Gasteiger partial charge in [0.15, 0.2) is 5.13 Å². The van der Waals surface area contributed by atoms with Crippen LogP contribution in [0.5, 0.6) is 0 Å². The predicted octanol–water partition coefficient (Wildman–Crippen LogP) is 4.21. The minimum atomic E-state index is -0.613. The molecule has 0 saturated heterocycles. The highest BCUT2D eigenvalue weighted by molar-refractivity contribution is 7.17. The number of rotatable bonds is 4. The number of nitrogens with one attached hydrogen (secondary N) is 1. The molecule has 0 aliphatic rings. The van der Waals surface area contributed by atoms with Gasteiger partial charge in [0.05, 0.1) is 10.6 Å². The lowest BCUT2D eigenvalue weighted by Crippen LogP contribution is -2.11. The third-order valence-corrected chi connectivity index (χ3v) is 4.50. The van der Waals surface area contributed by atoms with Crippen molar-refractivity contribution >= 4 is 45.4 Å². The van der Waals surface area contributed by atoms with Crippen LogP contribution in [0.1, 0.15) is 9.67 Å². The Morgan fingerprint density at radius 1 is 1.24 bits per heavy atom. The van der Waals surface area contributed by atoms with Gasteiger partial charge in [0.2, 0.25) is 0 Å². The number of nitrogens with zero attached hydrogens (tertiary/aromatic N) is 2. The second kappa shape index (κ2) is 6.88. The molecule has 0 spiro atoms. The van der Waals surface area contributed by atoms with E-state index in [1.807, 2.05) is 30.3 Å². The van der Waals surface area contributed by atoms with Gasteiger partial charge in [0.1, 0.15) is 9.90 Å². The fourth-order valence-electron chi connectivity index (χ4n) is 2.20. The molecule has 0 aliphatic heterocycles. The van der Waals surface area contributed by atoms with E-state index in [0.29, 0.717) is 10.6 Å². The van der Waals surface area contributed by atoms with Crippen molar-refractivity contribution in [3.63, 3.8) is 0 Å². The van der Waals surface area contributed by atoms with Gasteiger partial charge in [-0.2, -0.15) is 0 Å². The number of carbonyl (C=O) groups is 1. The third-order valence-electron chi connectivity index (χ3n) is 3.30. The highest BCUT2D eigenvalue weighted by Gasteiger charge is 2.20. The predicted molar refractivity (Wildman–Crippen MR) is 98.0 cm³/mol. The molecule has 1 heterocycles. The lowest BCUT2D eigenvalue weighted by molar-refractivity contribution is -0.384. The number of benzene rings is 2. The number of hydrogen-bond donors (Lipinski definition) is 2. The fraction of sp³-hybridized carbons (Fsp3) is 0. The van der Waals surface area contributed by atoms with Crippen LogP contribution in [-0.2, 0) is 0 Å². The van der Waals surface area contributed by atoms with E-state index in [-0.39, 0.29) is 21.5 Å². The SMILES string of the molecule is Nc1nc(-c2ccccc2)c(C(=O)Nc2ccc(Cl)c([N+](=O)[O-])c2)s1. The highest BCUT2D eigenvalue weighted by atomic mass is 35.5. The molecule has 0 unspecified atom stereocenters. The maximum absolute atomic E-state index is 12.6. The van der Waals surface area contributed by atoms with Crippen molar-refractivity contribution in [3.05, 3.63) is 68.5 Å². The smallest absolute Gasteiger partial charge is 0.289 e. The number of halogens is 1. The zero-order valence-corrected chi connectivity index (χ0v) is 14.2. The van der Waals surface area contributed by atoms with Crippen molar-refractivity contribution in [2.24, 2.45) is 0 Å².